The standard InChI is InChI=1S/C31H33N5O6S2/c1-39-21-13-17(14-22(40-2)27(21)41-3)25-19(15-32)28(34)36-29(20(25)16-33)43-12-11-24(37)35-30-26(31(38)42-4)18-9-7-5-6-8-10-23(18)44-30/h13-14H,5-12H2,1-4H3,(H2,34,36)(H,35,37). The number of nitrogens with one attached hydrogen (secondary N) is 1. The number of nitriles is 2. The summed E-state index contributed by atoms with van der Waals surface area (Å²) in [5, 5.41) is 23.8. The molecular weight excluding hydrogens is 603 g/mol. The topological polar surface area (TPSA) is 170 Å². The molecule has 1 aliphatic rings. The number of ether oxygens (including phenoxy) is 4. The van der Waals surface area contributed by atoms with E-state index in [9.17, 15) is 20.1 Å². The highest BCUT2D eigenvalue weighted by Gasteiger charge is 2.27. The number of carbonyl (C=O) groups excluding carboxylic acids is 2. The SMILES string of the molecule is COC(=O)c1c(NC(=O)CCSc2nc(N)c(C#N)c(-c3cc(OC)c(OC)c(OC)c3)c2C#N)sc2c1CCCCCC2. The first-order valence-electron chi connectivity index (χ1n) is 13.9. The lowest BCUT2D eigenvalue weighted by molar-refractivity contribution is -0.115. The van der Waals surface area contributed by atoms with Crippen LogP contribution in [0.5, 0.6) is 17.2 Å². The molecule has 2 aromatic heterocycles. The number of hydrogen-bond donors (Lipinski definition) is 2. The smallest absolute Gasteiger partial charge is 0.341 e. The summed E-state index contributed by atoms with van der Waals surface area (Å²) in [4.78, 5) is 31.2. The molecule has 4 rings (SSSR count). The van der Waals surface area contributed by atoms with E-state index < -0.39 is 5.97 Å². The molecule has 1 amide bonds. The van der Waals surface area contributed by atoms with Crippen LogP contribution in [0, 0.1) is 22.7 Å². The number of nitrogen functional groups attached to an aromatic ring is 1. The number of amides is 1. The summed E-state index contributed by atoms with van der Waals surface area (Å²) in [6, 6.07) is 7.47. The fourth-order valence-electron chi connectivity index (χ4n) is 5.17. The van der Waals surface area contributed by atoms with Crippen molar-refractivity contribution in [1.82, 2.24) is 4.98 Å². The zero-order chi connectivity index (χ0) is 31.8. The normalized spacial score (nSPS) is 12.5. The van der Waals surface area contributed by atoms with Crippen LogP contribution in [-0.2, 0) is 22.4 Å². The van der Waals surface area contributed by atoms with E-state index in [1.54, 1.807) is 12.1 Å². The van der Waals surface area contributed by atoms with E-state index in [0.29, 0.717) is 33.4 Å². The van der Waals surface area contributed by atoms with Crippen LogP contribution in [0.15, 0.2) is 17.2 Å². The van der Waals surface area contributed by atoms with E-state index >= 15 is 0 Å². The largest absolute Gasteiger partial charge is 0.493 e. The van der Waals surface area contributed by atoms with Gasteiger partial charge in [-0.2, -0.15) is 10.5 Å². The predicted octanol–water partition coefficient (Wildman–Crippen LogP) is 5.73. The van der Waals surface area contributed by atoms with Crippen molar-refractivity contribution in [2.45, 2.75) is 50.0 Å². The highest BCUT2D eigenvalue weighted by molar-refractivity contribution is 7.99. The molecule has 0 bridgehead atoms. The van der Waals surface area contributed by atoms with E-state index in [2.05, 4.69) is 22.4 Å². The number of aryl methyl sites for hydroxylation is 1. The van der Waals surface area contributed by atoms with Gasteiger partial charge in [0, 0.05) is 22.6 Å². The molecule has 0 fully saturated rings. The van der Waals surface area contributed by atoms with Gasteiger partial charge in [-0.05, 0) is 48.9 Å². The maximum absolute atomic E-state index is 13.1. The number of thiophene rings is 1. The Morgan fingerprint density at radius 1 is 1.00 bits per heavy atom. The van der Waals surface area contributed by atoms with E-state index in [-0.39, 0.29) is 45.6 Å². The number of fused-ring (bicyclic) bond motifs is 1. The van der Waals surface area contributed by atoms with Crippen LogP contribution >= 0.6 is 23.1 Å². The van der Waals surface area contributed by atoms with Crippen LogP contribution in [0.4, 0.5) is 10.8 Å². The minimum absolute atomic E-state index is 0.0292. The molecule has 1 aromatic carbocycles. The summed E-state index contributed by atoms with van der Waals surface area (Å²) < 4.78 is 21.4. The first kappa shape index (κ1) is 32.5. The molecule has 2 heterocycles. The monoisotopic (exact) mass is 635 g/mol. The molecule has 0 radical (unpaired) electrons. The number of rotatable bonds is 10. The molecular formula is C31H33N5O6S2. The van der Waals surface area contributed by atoms with Gasteiger partial charge in [0.05, 0.1) is 39.6 Å². The van der Waals surface area contributed by atoms with Crippen LogP contribution in [0.3, 0.4) is 0 Å². The molecule has 0 atom stereocenters. The Morgan fingerprint density at radius 3 is 2.25 bits per heavy atom. The second kappa shape index (κ2) is 14.8. The summed E-state index contributed by atoms with van der Waals surface area (Å²) in [7, 11) is 5.75. The fraction of sp³-hybridized carbons (Fsp3) is 0.387. The van der Waals surface area contributed by atoms with Gasteiger partial charge >= 0.3 is 5.97 Å². The third-order valence-electron chi connectivity index (χ3n) is 7.25. The molecule has 0 saturated carbocycles. The maximum atomic E-state index is 13.1. The zero-order valence-electron chi connectivity index (χ0n) is 25.0. The molecule has 11 nitrogen and oxygen atoms in total. The zero-order valence-corrected chi connectivity index (χ0v) is 26.6. The van der Waals surface area contributed by atoms with Crippen molar-refractivity contribution in [2.75, 3.05) is 45.2 Å². The number of esters is 1. The number of aromatic nitrogens is 1. The Balaban J connectivity index is 1.60. The third-order valence-corrected chi connectivity index (χ3v) is 9.44. The van der Waals surface area contributed by atoms with Crippen molar-refractivity contribution < 1.29 is 28.5 Å². The summed E-state index contributed by atoms with van der Waals surface area (Å²) in [6.07, 6.45) is 5.99. The number of pyridine rings is 1. The van der Waals surface area contributed by atoms with Gasteiger partial charge in [-0.1, -0.05) is 12.8 Å². The predicted molar refractivity (Wildman–Crippen MR) is 169 cm³/mol. The molecule has 0 spiro atoms. The van der Waals surface area contributed by atoms with E-state index in [1.165, 1.54) is 51.5 Å². The maximum Gasteiger partial charge on any atom is 0.341 e. The highest BCUT2D eigenvalue weighted by atomic mass is 32.2. The Morgan fingerprint density at radius 2 is 1.66 bits per heavy atom. The van der Waals surface area contributed by atoms with Crippen LogP contribution in [-0.4, -0.2) is 51.1 Å². The minimum atomic E-state index is -0.456. The molecule has 0 aliphatic heterocycles. The van der Waals surface area contributed by atoms with Gasteiger partial charge in [-0.15, -0.1) is 23.1 Å². The lowest BCUT2D eigenvalue weighted by atomic mass is 9.96. The Labute approximate surface area is 264 Å². The van der Waals surface area contributed by atoms with E-state index in [1.807, 2.05) is 0 Å². The van der Waals surface area contributed by atoms with Crippen LogP contribution in [0.1, 0.15) is 64.0 Å². The third kappa shape index (κ3) is 6.69. The number of methoxy groups -OCH3 is 4. The molecule has 13 heteroatoms. The van der Waals surface area contributed by atoms with E-state index in [4.69, 9.17) is 24.7 Å². The van der Waals surface area contributed by atoms with Crippen LogP contribution in [0.25, 0.3) is 11.1 Å². The average molecular weight is 636 g/mol. The fourth-order valence-corrected chi connectivity index (χ4v) is 7.40. The number of carbonyl (C=O) groups is 2. The number of nitrogens with zero attached hydrogens (tertiary/aromatic N) is 3. The number of hydrogen-bond acceptors (Lipinski definition) is 12. The Kier molecular flexibility index (Phi) is 10.9. The van der Waals surface area contributed by atoms with Gasteiger partial charge < -0.3 is 30.0 Å². The number of thioether (sulfide) groups is 1. The summed E-state index contributed by atoms with van der Waals surface area (Å²) >= 11 is 2.60. The van der Waals surface area contributed by atoms with Crippen molar-refractivity contribution in [3.63, 3.8) is 0 Å². The number of anilines is 2. The van der Waals surface area contributed by atoms with Gasteiger partial charge in [0.25, 0.3) is 0 Å². The second-order valence-electron chi connectivity index (χ2n) is 9.83. The Bertz CT molecular complexity index is 1630. The molecule has 3 N–H and O–H groups in total. The summed E-state index contributed by atoms with van der Waals surface area (Å²) in [6.45, 7) is 0. The summed E-state index contributed by atoms with van der Waals surface area (Å²) in [5.41, 5.74) is 8.48. The first-order valence-corrected chi connectivity index (χ1v) is 15.7. The molecule has 0 unspecified atom stereocenters. The van der Waals surface area contributed by atoms with Gasteiger partial charge in [-0.25, -0.2) is 9.78 Å². The van der Waals surface area contributed by atoms with Crippen LogP contribution < -0.4 is 25.3 Å². The summed E-state index contributed by atoms with van der Waals surface area (Å²) in [5.74, 6) is 0.483. The van der Waals surface area contributed by atoms with Crippen molar-refractivity contribution in [1.29, 1.82) is 10.5 Å². The lowest BCUT2D eigenvalue weighted by Gasteiger charge is -2.17. The molecule has 0 saturated heterocycles. The lowest BCUT2D eigenvalue weighted by Crippen LogP contribution is -2.15. The van der Waals surface area contributed by atoms with Crippen LogP contribution in [0.2, 0.25) is 0 Å². The molecule has 3 aromatic rings. The van der Waals surface area contributed by atoms with Crippen molar-refractivity contribution in [3.8, 4) is 40.5 Å². The average Bonchev–Trinajstić information content (AvgIpc) is 3.34. The van der Waals surface area contributed by atoms with Crippen molar-refractivity contribution >= 4 is 45.8 Å². The van der Waals surface area contributed by atoms with Gasteiger partial charge in [0.2, 0.25) is 11.7 Å². The molecule has 230 valence electrons. The molecule has 44 heavy (non-hydrogen) atoms. The molecule has 1 aliphatic carbocycles. The van der Waals surface area contributed by atoms with Gasteiger partial charge in [-0.3, -0.25) is 4.79 Å². The van der Waals surface area contributed by atoms with Crippen molar-refractivity contribution in [3.05, 3.63) is 39.3 Å². The number of nitrogens with two attached hydrogens (primary N) is 1. The van der Waals surface area contributed by atoms with E-state index in [0.717, 1.165) is 49.0 Å². The van der Waals surface area contributed by atoms with Gasteiger partial charge in [0.1, 0.15) is 33.5 Å². The quantitative estimate of drug-likeness (QED) is 0.206. The van der Waals surface area contributed by atoms with Crippen molar-refractivity contribution in [2.24, 2.45) is 0 Å². The Hall–Kier alpha value is -4.46. The minimum Gasteiger partial charge on any atom is -0.493 e. The number of benzene rings is 1. The first-order chi connectivity index (χ1) is 21.3. The second-order valence-corrected chi connectivity index (χ2v) is 12.0. The van der Waals surface area contributed by atoms with Gasteiger partial charge in [0.15, 0.2) is 11.5 Å². The highest BCUT2D eigenvalue weighted by Crippen LogP contribution is 2.44.